The minimum Gasteiger partial charge on any atom is -0.383 e. The molecule has 0 saturated carbocycles. The van der Waals surface area contributed by atoms with E-state index in [1.807, 2.05) is 12.1 Å². The lowest BCUT2D eigenvalue weighted by molar-refractivity contribution is 0.252. The van der Waals surface area contributed by atoms with Gasteiger partial charge in [-0.2, -0.15) is 0 Å². The summed E-state index contributed by atoms with van der Waals surface area (Å²) in [6.45, 7) is 1.02. The van der Waals surface area contributed by atoms with Crippen molar-refractivity contribution < 1.29 is 9.18 Å². The van der Waals surface area contributed by atoms with Crippen LogP contribution < -0.4 is 16.0 Å². The molecule has 1 aromatic carbocycles. The third kappa shape index (κ3) is 3.95. The molecule has 3 aromatic rings. The SMILES string of the molecule is O=C(NCCNc1ccncc1)Nc1ccc2cncc(F)c2c1. The highest BCUT2D eigenvalue weighted by Crippen LogP contribution is 2.20. The van der Waals surface area contributed by atoms with Gasteiger partial charge in [-0.3, -0.25) is 9.97 Å². The lowest BCUT2D eigenvalue weighted by atomic mass is 10.1. The van der Waals surface area contributed by atoms with Crippen molar-refractivity contribution in [2.45, 2.75) is 0 Å². The summed E-state index contributed by atoms with van der Waals surface area (Å²) in [7, 11) is 0. The molecule has 24 heavy (non-hydrogen) atoms. The highest BCUT2D eigenvalue weighted by molar-refractivity contribution is 5.93. The maximum atomic E-state index is 13.7. The summed E-state index contributed by atoms with van der Waals surface area (Å²) >= 11 is 0. The van der Waals surface area contributed by atoms with Crippen LogP contribution in [0.4, 0.5) is 20.6 Å². The molecule has 0 atom stereocenters. The van der Waals surface area contributed by atoms with Crippen molar-refractivity contribution in [2.75, 3.05) is 23.7 Å². The molecule has 7 heteroatoms. The number of halogens is 1. The Balaban J connectivity index is 1.50. The fourth-order valence-electron chi connectivity index (χ4n) is 2.23. The number of anilines is 2. The molecular formula is C17H16FN5O. The van der Waals surface area contributed by atoms with Gasteiger partial charge in [0.2, 0.25) is 0 Å². The molecule has 0 aliphatic carbocycles. The fourth-order valence-corrected chi connectivity index (χ4v) is 2.23. The molecular weight excluding hydrogens is 309 g/mol. The summed E-state index contributed by atoms with van der Waals surface area (Å²) in [5.74, 6) is -0.418. The van der Waals surface area contributed by atoms with Crippen molar-refractivity contribution in [2.24, 2.45) is 0 Å². The number of aromatic nitrogens is 2. The van der Waals surface area contributed by atoms with E-state index < -0.39 is 5.82 Å². The third-order valence-corrected chi connectivity index (χ3v) is 3.39. The molecule has 3 N–H and O–H groups in total. The highest BCUT2D eigenvalue weighted by atomic mass is 19.1. The van der Waals surface area contributed by atoms with E-state index in [9.17, 15) is 9.18 Å². The van der Waals surface area contributed by atoms with Crippen LogP contribution in [0.3, 0.4) is 0 Å². The second-order valence-corrected chi connectivity index (χ2v) is 5.10. The summed E-state index contributed by atoms with van der Waals surface area (Å²) in [5.41, 5.74) is 1.46. The first-order valence-electron chi connectivity index (χ1n) is 7.44. The topological polar surface area (TPSA) is 78.9 Å². The van der Waals surface area contributed by atoms with Gasteiger partial charge in [0.25, 0.3) is 0 Å². The third-order valence-electron chi connectivity index (χ3n) is 3.39. The Morgan fingerprint density at radius 1 is 1.00 bits per heavy atom. The quantitative estimate of drug-likeness (QED) is 0.630. The molecule has 0 unspecified atom stereocenters. The average molecular weight is 325 g/mol. The van der Waals surface area contributed by atoms with Gasteiger partial charge in [0, 0.05) is 53.8 Å². The Labute approximate surface area is 138 Å². The van der Waals surface area contributed by atoms with Gasteiger partial charge in [0.1, 0.15) is 5.82 Å². The Bertz CT molecular complexity index is 841. The summed E-state index contributed by atoms with van der Waals surface area (Å²) in [6, 6.07) is 8.35. The molecule has 2 heterocycles. The maximum Gasteiger partial charge on any atom is 0.319 e. The van der Waals surface area contributed by atoms with E-state index in [0.29, 0.717) is 29.5 Å². The monoisotopic (exact) mass is 325 g/mol. The number of rotatable bonds is 5. The van der Waals surface area contributed by atoms with E-state index >= 15 is 0 Å². The molecule has 0 aliphatic rings. The number of nitrogens with zero attached hydrogens (tertiary/aromatic N) is 2. The molecule has 2 aromatic heterocycles. The summed E-state index contributed by atoms with van der Waals surface area (Å²) in [5, 5.41) is 9.67. The van der Waals surface area contributed by atoms with Gasteiger partial charge in [0.05, 0.1) is 6.20 Å². The number of nitrogens with one attached hydrogen (secondary N) is 3. The zero-order valence-electron chi connectivity index (χ0n) is 12.8. The van der Waals surface area contributed by atoms with Crippen molar-refractivity contribution in [3.8, 4) is 0 Å². The molecule has 0 spiro atoms. The largest absolute Gasteiger partial charge is 0.383 e. The Hall–Kier alpha value is -3.22. The van der Waals surface area contributed by atoms with Crippen LogP contribution in [0.1, 0.15) is 0 Å². The van der Waals surface area contributed by atoms with Gasteiger partial charge in [-0.15, -0.1) is 0 Å². The van der Waals surface area contributed by atoms with Crippen LogP contribution in [0.15, 0.2) is 55.1 Å². The molecule has 0 bridgehead atoms. The molecule has 2 amide bonds. The molecule has 0 fully saturated rings. The van der Waals surface area contributed by atoms with E-state index in [4.69, 9.17) is 0 Å². The Kier molecular flexibility index (Phi) is 4.81. The normalized spacial score (nSPS) is 10.4. The van der Waals surface area contributed by atoms with Crippen molar-refractivity contribution in [3.63, 3.8) is 0 Å². The van der Waals surface area contributed by atoms with Crippen LogP contribution in [0, 0.1) is 5.82 Å². The van der Waals surface area contributed by atoms with E-state index in [-0.39, 0.29) is 6.03 Å². The predicted octanol–water partition coefficient (Wildman–Crippen LogP) is 3.00. The summed E-state index contributed by atoms with van der Waals surface area (Å²) in [4.78, 5) is 19.6. The molecule has 6 nitrogen and oxygen atoms in total. The lowest BCUT2D eigenvalue weighted by Gasteiger charge is -2.10. The van der Waals surface area contributed by atoms with Crippen LogP contribution in [0.25, 0.3) is 10.8 Å². The van der Waals surface area contributed by atoms with Gasteiger partial charge in [-0.1, -0.05) is 6.07 Å². The smallest absolute Gasteiger partial charge is 0.319 e. The summed E-state index contributed by atoms with van der Waals surface area (Å²) < 4.78 is 13.7. The first-order chi connectivity index (χ1) is 11.7. The van der Waals surface area contributed by atoms with Crippen molar-refractivity contribution in [1.29, 1.82) is 0 Å². The van der Waals surface area contributed by atoms with Crippen molar-refractivity contribution >= 4 is 28.2 Å². The second kappa shape index (κ2) is 7.36. The number of pyridine rings is 2. The van der Waals surface area contributed by atoms with Gasteiger partial charge in [0.15, 0.2) is 0 Å². The molecule has 0 saturated heterocycles. The Morgan fingerprint density at radius 2 is 1.83 bits per heavy atom. The van der Waals surface area contributed by atoms with Crippen molar-refractivity contribution in [1.82, 2.24) is 15.3 Å². The van der Waals surface area contributed by atoms with Crippen LogP contribution in [0.5, 0.6) is 0 Å². The van der Waals surface area contributed by atoms with E-state index in [2.05, 4.69) is 25.9 Å². The van der Waals surface area contributed by atoms with E-state index in [0.717, 1.165) is 11.9 Å². The average Bonchev–Trinajstić information content (AvgIpc) is 2.60. The number of benzene rings is 1. The van der Waals surface area contributed by atoms with Crippen LogP contribution in [-0.4, -0.2) is 29.1 Å². The number of urea groups is 1. The zero-order valence-corrected chi connectivity index (χ0v) is 12.8. The molecule has 122 valence electrons. The van der Waals surface area contributed by atoms with E-state index in [1.54, 1.807) is 36.8 Å². The number of hydrogen-bond donors (Lipinski definition) is 3. The predicted molar refractivity (Wildman–Crippen MR) is 91.4 cm³/mol. The fraction of sp³-hybridized carbons (Fsp3) is 0.118. The number of carbonyl (C=O) groups excluding carboxylic acids is 1. The highest BCUT2D eigenvalue weighted by Gasteiger charge is 2.05. The first-order valence-corrected chi connectivity index (χ1v) is 7.44. The molecule has 3 rings (SSSR count). The van der Waals surface area contributed by atoms with Gasteiger partial charge < -0.3 is 16.0 Å². The van der Waals surface area contributed by atoms with Crippen LogP contribution in [-0.2, 0) is 0 Å². The van der Waals surface area contributed by atoms with Crippen LogP contribution in [0.2, 0.25) is 0 Å². The van der Waals surface area contributed by atoms with Crippen molar-refractivity contribution in [3.05, 3.63) is 60.9 Å². The number of carbonyl (C=O) groups is 1. The zero-order chi connectivity index (χ0) is 16.8. The summed E-state index contributed by atoms with van der Waals surface area (Å²) in [6.07, 6.45) is 6.11. The van der Waals surface area contributed by atoms with Gasteiger partial charge in [-0.25, -0.2) is 9.18 Å². The minimum absolute atomic E-state index is 0.347. The van der Waals surface area contributed by atoms with Crippen LogP contribution >= 0.6 is 0 Å². The number of fused-ring (bicyclic) bond motifs is 1. The Morgan fingerprint density at radius 3 is 2.67 bits per heavy atom. The standard InChI is InChI=1S/C17H16FN5O/c18-16-11-20-10-12-1-2-14(9-15(12)16)23-17(24)22-8-7-21-13-3-5-19-6-4-13/h1-6,9-11H,7-8H2,(H,19,21)(H2,22,23,24). The minimum atomic E-state index is -0.418. The van der Waals surface area contributed by atoms with Gasteiger partial charge >= 0.3 is 6.03 Å². The number of amides is 2. The molecule has 0 aliphatic heterocycles. The lowest BCUT2D eigenvalue weighted by Crippen LogP contribution is -2.32. The van der Waals surface area contributed by atoms with Gasteiger partial charge in [-0.05, 0) is 24.3 Å². The molecule has 0 radical (unpaired) electrons. The maximum absolute atomic E-state index is 13.7. The first kappa shape index (κ1) is 15.7. The van der Waals surface area contributed by atoms with E-state index in [1.165, 1.54) is 0 Å². The number of hydrogen-bond acceptors (Lipinski definition) is 4. The second-order valence-electron chi connectivity index (χ2n) is 5.10.